The van der Waals surface area contributed by atoms with Crippen molar-refractivity contribution < 1.29 is 54.0 Å². The number of nitrogens with two attached hydrogens (primary N) is 1. The molecule has 39 heavy (non-hydrogen) atoms. The van der Waals surface area contributed by atoms with Crippen LogP contribution in [-0.4, -0.2) is 109 Å². The van der Waals surface area contributed by atoms with Crippen LogP contribution in [0.3, 0.4) is 0 Å². The summed E-state index contributed by atoms with van der Waals surface area (Å²) in [4.78, 5) is 90.6. The highest BCUT2D eigenvalue weighted by atomic mass is 16.4. The Balaban J connectivity index is 3.15. The average molecular weight is 558 g/mol. The van der Waals surface area contributed by atoms with E-state index in [4.69, 9.17) is 21.1 Å². The number of carbonyl (C=O) groups is 7. The van der Waals surface area contributed by atoms with Gasteiger partial charge in [-0.05, 0) is 13.3 Å². The van der Waals surface area contributed by atoms with Gasteiger partial charge in [-0.15, -0.1) is 0 Å². The van der Waals surface area contributed by atoms with Gasteiger partial charge in [0.25, 0.3) is 0 Å². The molecule has 1 rings (SSSR count). The number of rotatable bonds is 17. The zero-order valence-electron chi connectivity index (χ0n) is 20.7. The molecule has 11 N–H and O–H groups in total. The topological polar surface area (TPSA) is 303 Å². The first-order valence-electron chi connectivity index (χ1n) is 11.5. The Hall–Kier alpha value is -4.58. The number of hydrogen-bond acceptors (Lipinski definition) is 10. The largest absolute Gasteiger partial charge is 0.481 e. The minimum absolute atomic E-state index is 0.120. The third-order valence-corrected chi connectivity index (χ3v) is 5.15. The summed E-state index contributed by atoms with van der Waals surface area (Å²) in [6, 6.07) is -6.61. The molecule has 1 aromatic heterocycles. The monoisotopic (exact) mass is 557 g/mol. The molecule has 0 fully saturated rings. The SMILES string of the molecule is C[C@@H](O)[C@H](NC(=O)[C@H](CC(=O)O)NC(=O)[C@H](CCC(=O)O)NC(=O)[C@H](Cc1cnc[nH]1)NC(=O)CN)C(=O)O. The van der Waals surface area contributed by atoms with Gasteiger partial charge in [-0.3, -0.25) is 28.8 Å². The molecule has 216 valence electrons. The Kier molecular flexibility index (Phi) is 13.0. The zero-order chi connectivity index (χ0) is 29.7. The second kappa shape index (κ2) is 15.6. The number of nitrogens with one attached hydrogen (secondary N) is 5. The summed E-state index contributed by atoms with van der Waals surface area (Å²) < 4.78 is 0. The van der Waals surface area contributed by atoms with Crippen molar-refractivity contribution >= 4 is 41.5 Å². The number of H-pyrrole nitrogens is 1. The van der Waals surface area contributed by atoms with Gasteiger partial charge in [-0.25, -0.2) is 9.78 Å². The van der Waals surface area contributed by atoms with Crippen LogP contribution in [0.1, 0.15) is 31.9 Å². The zero-order valence-corrected chi connectivity index (χ0v) is 20.7. The van der Waals surface area contributed by atoms with Gasteiger partial charge in [-0.1, -0.05) is 0 Å². The molecule has 0 bridgehead atoms. The molecule has 0 saturated carbocycles. The average Bonchev–Trinajstić information content (AvgIpc) is 3.36. The van der Waals surface area contributed by atoms with Crippen molar-refractivity contribution in [1.82, 2.24) is 31.2 Å². The second-order valence-corrected chi connectivity index (χ2v) is 8.32. The van der Waals surface area contributed by atoms with Crippen LogP contribution in [0.2, 0.25) is 0 Å². The molecule has 0 aliphatic heterocycles. The number of imidazole rings is 1. The van der Waals surface area contributed by atoms with Crippen molar-refractivity contribution in [3.63, 3.8) is 0 Å². The molecule has 0 spiro atoms. The predicted octanol–water partition coefficient (Wildman–Crippen LogP) is -4.35. The molecule has 0 radical (unpaired) electrons. The quantitative estimate of drug-likeness (QED) is 0.0867. The fraction of sp³-hybridized carbons (Fsp3) is 0.524. The smallest absolute Gasteiger partial charge is 0.328 e. The van der Waals surface area contributed by atoms with E-state index in [2.05, 4.69) is 25.9 Å². The maximum atomic E-state index is 13.0. The molecule has 1 aromatic rings. The van der Waals surface area contributed by atoms with Crippen LogP contribution >= 0.6 is 0 Å². The highest BCUT2D eigenvalue weighted by Gasteiger charge is 2.33. The third-order valence-electron chi connectivity index (χ3n) is 5.15. The number of carboxylic acids is 3. The van der Waals surface area contributed by atoms with E-state index in [0.717, 1.165) is 6.92 Å². The number of aliphatic hydroxyl groups is 1. The Labute approximate surface area is 220 Å². The van der Waals surface area contributed by atoms with Gasteiger partial charge >= 0.3 is 17.9 Å². The van der Waals surface area contributed by atoms with E-state index in [1.54, 1.807) is 0 Å². The van der Waals surface area contributed by atoms with E-state index in [1.807, 2.05) is 5.32 Å². The van der Waals surface area contributed by atoms with Crippen molar-refractivity contribution in [1.29, 1.82) is 0 Å². The van der Waals surface area contributed by atoms with Gasteiger partial charge in [-0.2, -0.15) is 0 Å². The Morgan fingerprint density at radius 1 is 0.897 bits per heavy atom. The second-order valence-electron chi connectivity index (χ2n) is 8.32. The van der Waals surface area contributed by atoms with Crippen LogP contribution in [0.15, 0.2) is 12.5 Å². The van der Waals surface area contributed by atoms with Crippen LogP contribution in [0.5, 0.6) is 0 Å². The van der Waals surface area contributed by atoms with Crippen LogP contribution in [-0.2, 0) is 40.0 Å². The molecular weight excluding hydrogens is 526 g/mol. The number of aliphatic hydroxyl groups excluding tert-OH is 1. The summed E-state index contributed by atoms with van der Waals surface area (Å²) in [7, 11) is 0. The summed E-state index contributed by atoms with van der Waals surface area (Å²) in [5, 5.41) is 45.5. The molecular formula is C21H31N7O11. The lowest BCUT2D eigenvalue weighted by Crippen LogP contribution is -2.59. The molecule has 0 saturated heterocycles. The highest BCUT2D eigenvalue weighted by Crippen LogP contribution is 2.05. The Morgan fingerprint density at radius 3 is 1.97 bits per heavy atom. The van der Waals surface area contributed by atoms with Gasteiger partial charge in [0.15, 0.2) is 6.04 Å². The molecule has 18 heteroatoms. The van der Waals surface area contributed by atoms with E-state index in [-0.39, 0.29) is 6.42 Å². The number of aromatic amines is 1. The fourth-order valence-corrected chi connectivity index (χ4v) is 3.19. The first-order valence-corrected chi connectivity index (χ1v) is 11.5. The summed E-state index contributed by atoms with van der Waals surface area (Å²) in [6.45, 7) is 0.593. The third kappa shape index (κ3) is 11.6. The number of carbonyl (C=O) groups excluding carboxylic acids is 4. The molecule has 0 aromatic carbocycles. The van der Waals surface area contributed by atoms with Crippen molar-refractivity contribution in [2.24, 2.45) is 5.73 Å². The molecule has 1 heterocycles. The summed E-state index contributed by atoms with van der Waals surface area (Å²) in [5.41, 5.74) is 5.71. The Bertz CT molecular complexity index is 1050. The van der Waals surface area contributed by atoms with Gasteiger partial charge in [0.05, 0.1) is 25.4 Å². The van der Waals surface area contributed by atoms with Crippen molar-refractivity contribution in [3.8, 4) is 0 Å². The van der Waals surface area contributed by atoms with Crippen LogP contribution in [0.25, 0.3) is 0 Å². The lowest BCUT2D eigenvalue weighted by molar-refractivity contribution is -0.146. The maximum Gasteiger partial charge on any atom is 0.328 e. The first-order chi connectivity index (χ1) is 18.2. The highest BCUT2D eigenvalue weighted by molar-refractivity contribution is 5.96. The van der Waals surface area contributed by atoms with E-state index < -0.39 is 97.6 Å². The number of aromatic nitrogens is 2. The molecule has 5 atom stereocenters. The summed E-state index contributed by atoms with van der Waals surface area (Å²) in [5.74, 6) is -8.62. The van der Waals surface area contributed by atoms with Gasteiger partial charge in [0, 0.05) is 24.7 Å². The minimum atomic E-state index is -1.86. The lowest BCUT2D eigenvalue weighted by Gasteiger charge is -2.25. The van der Waals surface area contributed by atoms with Crippen molar-refractivity contribution in [2.45, 2.75) is 62.9 Å². The molecule has 0 aliphatic rings. The van der Waals surface area contributed by atoms with Crippen LogP contribution in [0.4, 0.5) is 0 Å². The van der Waals surface area contributed by atoms with Gasteiger partial charge in [0.1, 0.15) is 18.1 Å². The number of nitrogens with zero attached hydrogens (tertiary/aromatic N) is 1. The fourth-order valence-electron chi connectivity index (χ4n) is 3.19. The van der Waals surface area contributed by atoms with E-state index in [1.165, 1.54) is 12.5 Å². The molecule has 18 nitrogen and oxygen atoms in total. The Morgan fingerprint density at radius 2 is 1.49 bits per heavy atom. The number of amides is 4. The van der Waals surface area contributed by atoms with E-state index >= 15 is 0 Å². The normalized spacial score (nSPS) is 14.5. The standard InChI is InChI=1S/C21H31N7O11/c1-9(29)17(21(38)39)28-20(37)13(5-16(33)34)27-18(35)11(2-3-15(31)32)26-19(36)12(25-14(30)6-22)4-10-7-23-8-24-10/h7-9,11-13,17,29H,2-6,22H2,1H3,(H,23,24)(H,25,30)(H,26,36)(H,27,35)(H,28,37)(H,31,32)(H,33,34)(H,38,39)/t9-,11+,12+,13+,17+/m1/s1. The van der Waals surface area contributed by atoms with Crippen LogP contribution < -0.4 is 27.0 Å². The molecule has 0 unspecified atom stereocenters. The van der Waals surface area contributed by atoms with Crippen molar-refractivity contribution in [3.05, 3.63) is 18.2 Å². The first kappa shape index (κ1) is 32.4. The maximum absolute atomic E-state index is 13.0. The van der Waals surface area contributed by atoms with Crippen LogP contribution in [0, 0.1) is 0 Å². The number of aliphatic carboxylic acids is 3. The van der Waals surface area contributed by atoms with Crippen molar-refractivity contribution in [2.75, 3.05) is 6.54 Å². The summed E-state index contributed by atoms with van der Waals surface area (Å²) >= 11 is 0. The summed E-state index contributed by atoms with van der Waals surface area (Å²) in [6.07, 6.45) is -1.15. The lowest BCUT2D eigenvalue weighted by atomic mass is 10.1. The van der Waals surface area contributed by atoms with Gasteiger partial charge < -0.3 is 52.4 Å². The molecule has 0 aliphatic carbocycles. The predicted molar refractivity (Wildman–Crippen MR) is 128 cm³/mol. The molecule has 4 amide bonds. The van der Waals surface area contributed by atoms with Gasteiger partial charge in [0.2, 0.25) is 23.6 Å². The number of hydrogen-bond donors (Lipinski definition) is 10. The van der Waals surface area contributed by atoms with E-state index in [0.29, 0.717) is 5.69 Å². The van der Waals surface area contributed by atoms with E-state index in [9.17, 15) is 38.7 Å². The minimum Gasteiger partial charge on any atom is -0.481 e. The number of carboxylic acid groups (broad SMARTS) is 3.